The van der Waals surface area contributed by atoms with Crippen molar-refractivity contribution in [1.29, 1.82) is 0 Å². The number of fused-ring (bicyclic) bond motifs is 1. The molecule has 0 spiro atoms. The first kappa shape index (κ1) is 16.8. The van der Waals surface area contributed by atoms with Crippen molar-refractivity contribution >= 4 is 17.8 Å². The molecule has 0 radical (unpaired) electrons. The predicted octanol–water partition coefficient (Wildman–Crippen LogP) is 3.35. The van der Waals surface area contributed by atoms with Crippen molar-refractivity contribution in [1.82, 2.24) is 10.6 Å². The van der Waals surface area contributed by atoms with Gasteiger partial charge in [0, 0.05) is 17.2 Å². The first-order chi connectivity index (χ1) is 11.7. The van der Waals surface area contributed by atoms with Gasteiger partial charge in [-0.2, -0.15) is 0 Å². The van der Waals surface area contributed by atoms with Crippen LogP contribution in [0.4, 0.5) is 9.18 Å². The maximum atomic E-state index is 13.5. The summed E-state index contributed by atoms with van der Waals surface area (Å²) in [6.45, 7) is 0.270. The lowest BCUT2D eigenvalue weighted by Crippen LogP contribution is -2.38. The number of hydrogen-bond donors (Lipinski definition) is 3. The smallest absolute Gasteiger partial charge is 0.315 e. The number of benzene rings is 2. The molecule has 1 heterocycles. The minimum absolute atomic E-state index is 0.0635. The number of urea groups is 1. The zero-order valence-corrected chi connectivity index (χ0v) is 13.9. The van der Waals surface area contributed by atoms with E-state index in [2.05, 4.69) is 10.6 Å². The highest BCUT2D eigenvalue weighted by Crippen LogP contribution is 2.36. The molecular weight excluding hydrogens is 327 g/mol. The lowest BCUT2D eigenvalue weighted by Gasteiger charge is -2.26. The number of carbonyl (C=O) groups excluding carboxylic acids is 1. The largest absolute Gasteiger partial charge is 0.392 e. The molecule has 0 saturated heterocycles. The average Bonchev–Trinajstić information content (AvgIpc) is 2.60. The van der Waals surface area contributed by atoms with Crippen molar-refractivity contribution in [2.75, 3.05) is 5.75 Å². The molecule has 0 aromatic heterocycles. The summed E-state index contributed by atoms with van der Waals surface area (Å²) in [4.78, 5) is 13.2. The Labute approximate surface area is 144 Å². The van der Waals surface area contributed by atoms with E-state index >= 15 is 0 Å². The number of carbonyl (C=O) groups is 1. The van der Waals surface area contributed by atoms with Gasteiger partial charge in [-0.3, -0.25) is 0 Å². The van der Waals surface area contributed by atoms with Crippen molar-refractivity contribution in [2.24, 2.45) is 0 Å². The number of amides is 2. The summed E-state index contributed by atoms with van der Waals surface area (Å²) in [6, 6.07) is 11.6. The third-order valence-corrected chi connectivity index (χ3v) is 5.17. The molecule has 2 amide bonds. The van der Waals surface area contributed by atoms with Crippen LogP contribution in [0.25, 0.3) is 0 Å². The van der Waals surface area contributed by atoms with Crippen LogP contribution >= 0.6 is 11.8 Å². The SMILES string of the molecule is O=C(NCc1ccccc1CO)NC1CCSc2ccc(F)cc21. The minimum atomic E-state index is -0.296. The van der Waals surface area contributed by atoms with Gasteiger partial charge in [0.1, 0.15) is 5.82 Å². The van der Waals surface area contributed by atoms with E-state index in [-0.39, 0.29) is 24.5 Å². The normalized spacial score (nSPS) is 16.3. The molecule has 1 aliphatic heterocycles. The average molecular weight is 346 g/mol. The standard InChI is InChI=1S/C18H19FN2O2S/c19-14-5-6-17-15(9-14)16(7-8-24-17)21-18(23)20-10-12-3-1-2-4-13(12)11-22/h1-6,9,16,22H,7-8,10-11H2,(H2,20,21,23). The van der Waals surface area contributed by atoms with Crippen LogP contribution in [-0.2, 0) is 13.2 Å². The second-order valence-electron chi connectivity index (χ2n) is 5.63. The van der Waals surface area contributed by atoms with Crippen molar-refractivity contribution in [3.63, 3.8) is 0 Å². The van der Waals surface area contributed by atoms with Crippen LogP contribution in [0.2, 0.25) is 0 Å². The summed E-state index contributed by atoms with van der Waals surface area (Å²) in [5, 5.41) is 15.0. The summed E-state index contributed by atoms with van der Waals surface area (Å²) >= 11 is 1.68. The molecule has 3 N–H and O–H groups in total. The number of hydrogen-bond acceptors (Lipinski definition) is 3. The topological polar surface area (TPSA) is 61.4 Å². The fourth-order valence-electron chi connectivity index (χ4n) is 2.78. The second kappa shape index (κ2) is 7.68. The molecule has 0 aliphatic carbocycles. The zero-order valence-electron chi connectivity index (χ0n) is 13.1. The molecule has 2 aromatic carbocycles. The van der Waals surface area contributed by atoms with Crippen molar-refractivity contribution in [3.05, 3.63) is 65.0 Å². The Hall–Kier alpha value is -2.05. The van der Waals surface area contributed by atoms with Gasteiger partial charge in [0.15, 0.2) is 0 Å². The molecule has 4 nitrogen and oxygen atoms in total. The van der Waals surface area contributed by atoms with Crippen molar-refractivity contribution in [3.8, 4) is 0 Å². The van der Waals surface area contributed by atoms with Crippen molar-refractivity contribution in [2.45, 2.75) is 30.5 Å². The van der Waals surface area contributed by atoms with E-state index < -0.39 is 0 Å². The maximum Gasteiger partial charge on any atom is 0.315 e. The Kier molecular flexibility index (Phi) is 5.37. The summed E-state index contributed by atoms with van der Waals surface area (Å²) in [7, 11) is 0. The van der Waals surface area contributed by atoms with E-state index in [0.29, 0.717) is 6.54 Å². The van der Waals surface area contributed by atoms with E-state index in [1.165, 1.54) is 12.1 Å². The van der Waals surface area contributed by atoms with Gasteiger partial charge in [-0.15, -0.1) is 11.8 Å². The quantitative estimate of drug-likeness (QED) is 0.796. The third-order valence-electron chi connectivity index (χ3n) is 4.04. The fraction of sp³-hybridized carbons (Fsp3) is 0.278. The fourth-order valence-corrected chi connectivity index (χ4v) is 3.89. The van der Waals surface area contributed by atoms with Crippen LogP contribution in [0, 0.1) is 5.82 Å². The second-order valence-corrected chi connectivity index (χ2v) is 6.76. The number of nitrogens with one attached hydrogen (secondary N) is 2. The van der Waals surface area contributed by atoms with Gasteiger partial charge < -0.3 is 15.7 Å². The highest BCUT2D eigenvalue weighted by Gasteiger charge is 2.22. The molecule has 1 aliphatic rings. The molecule has 0 bridgehead atoms. The van der Waals surface area contributed by atoms with E-state index in [9.17, 15) is 14.3 Å². The highest BCUT2D eigenvalue weighted by atomic mass is 32.2. The number of halogens is 1. The van der Waals surface area contributed by atoms with E-state index in [0.717, 1.165) is 33.8 Å². The number of thioether (sulfide) groups is 1. The van der Waals surface area contributed by atoms with Gasteiger partial charge in [-0.25, -0.2) is 9.18 Å². The van der Waals surface area contributed by atoms with Gasteiger partial charge in [-0.05, 0) is 41.3 Å². The summed E-state index contributed by atoms with van der Waals surface area (Å²) in [5.41, 5.74) is 2.50. The molecule has 0 fully saturated rings. The predicted molar refractivity (Wildman–Crippen MR) is 92.2 cm³/mol. The van der Waals surface area contributed by atoms with Gasteiger partial charge in [0.25, 0.3) is 0 Å². The van der Waals surface area contributed by atoms with Crippen LogP contribution in [0.3, 0.4) is 0 Å². The van der Waals surface area contributed by atoms with E-state index in [1.54, 1.807) is 17.8 Å². The maximum absolute atomic E-state index is 13.5. The lowest BCUT2D eigenvalue weighted by atomic mass is 10.0. The molecule has 1 unspecified atom stereocenters. The Morgan fingerprint density at radius 2 is 2.04 bits per heavy atom. The molecule has 6 heteroatoms. The molecule has 1 atom stereocenters. The van der Waals surface area contributed by atoms with E-state index in [4.69, 9.17) is 0 Å². The Bertz CT molecular complexity index is 739. The number of rotatable bonds is 4. The minimum Gasteiger partial charge on any atom is -0.392 e. The van der Waals surface area contributed by atoms with Gasteiger partial charge in [0.2, 0.25) is 0 Å². The van der Waals surface area contributed by atoms with Gasteiger partial charge in [-0.1, -0.05) is 24.3 Å². The Morgan fingerprint density at radius 3 is 2.83 bits per heavy atom. The van der Waals surface area contributed by atoms with Crippen LogP contribution in [0.15, 0.2) is 47.4 Å². The van der Waals surface area contributed by atoms with Crippen LogP contribution in [0.1, 0.15) is 29.2 Å². The molecular formula is C18H19FN2O2S. The number of aliphatic hydroxyl groups is 1. The molecule has 2 aromatic rings. The number of aliphatic hydroxyl groups excluding tert-OH is 1. The molecule has 0 saturated carbocycles. The zero-order chi connectivity index (χ0) is 16.9. The highest BCUT2D eigenvalue weighted by molar-refractivity contribution is 7.99. The summed E-state index contributed by atoms with van der Waals surface area (Å²) in [6.07, 6.45) is 0.766. The van der Waals surface area contributed by atoms with Crippen LogP contribution in [0.5, 0.6) is 0 Å². The Balaban J connectivity index is 1.63. The van der Waals surface area contributed by atoms with Crippen LogP contribution < -0.4 is 10.6 Å². The van der Waals surface area contributed by atoms with Gasteiger partial charge in [0.05, 0.1) is 12.6 Å². The summed E-state index contributed by atoms with van der Waals surface area (Å²) < 4.78 is 13.5. The molecule has 24 heavy (non-hydrogen) atoms. The lowest BCUT2D eigenvalue weighted by molar-refractivity contribution is 0.235. The summed E-state index contributed by atoms with van der Waals surface area (Å²) in [5.74, 6) is 0.594. The third kappa shape index (κ3) is 3.88. The Morgan fingerprint density at radius 1 is 1.25 bits per heavy atom. The first-order valence-electron chi connectivity index (χ1n) is 7.81. The molecule has 126 valence electrons. The molecule has 3 rings (SSSR count). The van der Waals surface area contributed by atoms with Crippen LogP contribution in [-0.4, -0.2) is 16.9 Å². The first-order valence-corrected chi connectivity index (χ1v) is 8.80. The monoisotopic (exact) mass is 346 g/mol. The van der Waals surface area contributed by atoms with Gasteiger partial charge >= 0.3 is 6.03 Å². The van der Waals surface area contributed by atoms with E-state index in [1.807, 2.05) is 24.3 Å². The van der Waals surface area contributed by atoms with Crippen molar-refractivity contribution < 1.29 is 14.3 Å².